The first kappa shape index (κ1) is 38.2. The molecule has 0 saturated carbocycles. The molecular weight excluding hydrogens is 600 g/mol. The van der Waals surface area contributed by atoms with E-state index < -0.39 is 47.5 Å². The molecule has 0 aliphatic carbocycles. The number of nitrogens with zero attached hydrogens (tertiary/aromatic N) is 1. The van der Waals surface area contributed by atoms with Gasteiger partial charge in [0.25, 0.3) is 0 Å². The van der Waals surface area contributed by atoms with Crippen LogP contribution in [0, 0.1) is 11.8 Å². The van der Waals surface area contributed by atoms with E-state index in [9.17, 15) is 24.0 Å². The van der Waals surface area contributed by atoms with Crippen molar-refractivity contribution < 1.29 is 24.0 Å². The topological polar surface area (TPSA) is 228 Å². The fraction of sp³-hybridized carbons (Fsp3) is 0.471. The van der Waals surface area contributed by atoms with Gasteiger partial charge in [-0.3, -0.25) is 29.0 Å². The second-order valence-electron chi connectivity index (χ2n) is 11.6. The van der Waals surface area contributed by atoms with Crippen LogP contribution < -0.4 is 33.2 Å². The average Bonchev–Trinajstić information content (AvgIpc) is 3.44. The van der Waals surface area contributed by atoms with Crippen LogP contribution in [0.5, 0.6) is 0 Å². The molecule has 1 heterocycles. The zero-order chi connectivity index (χ0) is 34.9. The van der Waals surface area contributed by atoms with Gasteiger partial charge >= 0.3 is 0 Å². The maximum atomic E-state index is 14.0. The van der Waals surface area contributed by atoms with Crippen molar-refractivity contribution in [3.8, 4) is 0 Å². The lowest BCUT2D eigenvalue weighted by Gasteiger charge is -2.24. The highest BCUT2D eigenvalue weighted by molar-refractivity contribution is 5.96. The van der Waals surface area contributed by atoms with Crippen molar-refractivity contribution in [3.05, 3.63) is 60.3 Å². The number of ketones is 1. The fourth-order valence-corrected chi connectivity index (χ4v) is 5.00. The van der Waals surface area contributed by atoms with E-state index in [2.05, 4.69) is 25.9 Å². The Balaban J connectivity index is 2.33. The van der Waals surface area contributed by atoms with Crippen molar-refractivity contribution in [1.82, 2.24) is 20.9 Å². The third-order valence-corrected chi connectivity index (χ3v) is 7.82. The van der Waals surface area contributed by atoms with E-state index in [0.717, 1.165) is 16.5 Å². The van der Waals surface area contributed by atoms with E-state index in [4.69, 9.17) is 17.2 Å². The Morgan fingerprint density at radius 3 is 2.19 bits per heavy atom. The number of benzene rings is 1. The maximum Gasteiger partial charge on any atom is 0.242 e. The number of carbonyl (C=O) groups excluding carboxylic acids is 5. The summed E-state index contributed by atoms with van der Waals surface area (Å²) in [6.07, 6.45) is 10.2. The largest absolute Gasteiger partial charge is 0.370 e. The molecule has 0 fully saturated rings. The summed E-state index contributed by atoms with van der Waals surface area (Å²) in [6, 6.07) is 4.67. The van der Waals surface area contributed by atoms with Crippen molar-refractivity contribution in [2.75, 3.05) is 6.54 Å². The van der Waals surface area contributed by atoms with Gasteiger partial charge in [0.15, 0.2) is 11.7 Å². The number of aromatic nitrogens is 1. The number of Topliss-reactive ketones (excluding diaryl/α,β-unsaturated/α-hetero) is 1. The molecule has 0 spiro atoms. The molecule has 0 unspecified atom stereocenters. The van der Waals surface area contributed by atoms with E-state index in [1.54, 1.807) is 39.1 Å². The normalized spacial score (nSPS) is 14.6. The number of nitrogens with two attached hydrogens (primary N) is 3. The fourth-order valence-electron chi connectivity index (χ4n) is 5.00. The zero-order valence-electron chi connectivity index (χ0n) is 27.8. The number of guanidine groups is 1. The molecule has 2 aromatic rings. The lowest BCUT2D eigenvalue weighted by Crippen LogP contribution is -2.52. The van der Waals surface area contributed by atoms with E-state index >= 15 is 0 Å². The molecule has 0 aliphatic heterocycles. The maximum absolute atomic E-state index is 14.0. The first-order chi connectivity index (χ1) is 22.4. The van der Waals surface area contributed by atoms with Gasteiger partial charge in [-0.2, -0.15) is 0 Å². The number of amides is 4. The number of para-hydroxylation sites is 1. The molecule has 47 heavy (non-hydrogen) atoms. The minimum Gasteiger partial charge on any atom is -0.370 e. The summed E-state index contributed by atoms with van der Waals surface area (Å²) in [5.41, 5.74) is 18.1. The number of aromatic amines is 1. The van der Waals surface area contributed by atoms with Gasteiger partial charge in [0, 0.05) is 48.3 Å². The standard InChI is InChI=1S/C34H50N8O5/c1-5-7-12-21(3)31(45)40-22(4)32(46)42-28(18-24-20-39-26-16-10-9-14-25(24)26)29(43)19-23(13-11-17-38-34(36)37)33(47)41-27(30(35)44)15-8-6-2/h5-10,14,16,20-23,27-28,39H,11-13,15,17-19H2,1-4H3,(H2,35,44)(H,40,45)(H,41,47)(H,42,46)(H4,36,37,38)/t21-,22-,23+,27-,28-/m0/s1. The Bertz CT molecular complexity index is 1460. The van der Waals surface area contributed by atoms with Gasteiger partial charge < -0.3 is 38.1 Å². The van der Waals surface area contributed by atoms with E-state index in [1.165, 1.54) is 0 Å². The smallest absolute Gasteiger partial charge is 0.242 e. The number of fused-ring (bicyclic) bond motifs is 1. The Morgan fingerprint density at radius 2 is 1.53 bits per heavy atom. The SMILES string of the molecule is CC=CC[C@H](NC(=O)[C@H](CCCN=C(N)N)CC(=O)[C@H](Cc1c[nH]c2ccccc12)NC(=O)[C@H](C)NC(=O)[C@@H](C)CC=CC)C(N)=O. The Labute approximate surface area is 276 Å². The Hall–Kier alpha value is -4.94. The first-order valence-corrected chi connectivity index (χ1v) is 15.9. The molecule has 5 atom stereocenters. The third kappa shape index (κ3) is 12.8. The lowest BCUT2D eigenvalue weighted by molar-refractivity contribution is -0.134. The summed E-state index contributed by atoms with van der Waals surface area (Å²) in [4.78, 5) is 72.7. The molecule has 4 amide bonds. The van der Waals surface area contributed by atoms with Crippen LogP contribution in [-0.2, 0) is 30.4 Å². The average molecular weight is 651 g/mol. The zero-order valence-corrected chi connectivity index (χ0v) is 27.8. The summed E-state index contributed by atoms with van der Waals surface area (Å²) in [7, 11) is 0. The molecule has 0 bridgehead atoms. The Morgan fingerprint density at radius 1 is 0.872 bits per heavy atom. The Kier molecular flexibility index (Phi) is 15.9. The second kappa shape index (κ2) is 19.5. The molecule has 0 saturated heterocycles. The van der Waals surface area contributed by atoms with Crippen LogP contribution >= 0.6 is 0 Å². The highest BCUT2D eigenvalue weighted by Gasteiger charge is 2.31. The van der Waals surface area contributed by atoms with Crippen molar-refractivity contribution in [3.63, 3.8) is 0 Å². The number of primary amides is 1. The minimum atomic E-state index is -1.02. The van der Waals surface area contributed by atoms with Crippen LogP contribution in [-0.4, -0.2) is 65.0 Å². The monoisotopic (exact) mass is 650 g/mol. The molecule has 13 nitrogen and oxygen atoms in total. The second-order valence-corrected chi connectivity index (χ2v) is 11.6. The number of H-pyrrole nitrogens is 1. The minimum absolute atomic E-state index is 0.0961. The lowest BCUT2D eigenvalue weighted by atomic mass is 9.90. The number of carbonyl (C=O) groups is 5. The van der Waals surface area contributed by atoms with E-state index in [0.29, 0.717) is 12.8 Å². The molecule has 1 aromatic heterocycles. The van der Waals surface area contributed by atoms with E-state index in [1.807, 2.05) is 43.3 Å². The molecule has 256 valence electrons. The molecular formula is C34H50N8O5. The number of aliphatic imine (C=N–C) groups is 1. The number of hydrogen-bond donors (Lipinski definition) is 7. The van der Waals surface area contributed by atoms with Crippen molar-refractivity contribution in [2.45, 2.75) is 84.3 Å². The van der Waals surface area contributed by atoms with Crippen LogP contribution in [0.2, 0.25) is 0 Å². The molecule has 1 aromatic carbocycles. The van der Waals surface area contributed by atoms with Gasteiger partial charge in [-0.05, 0) is 58.1 Å². The van der Waals surface area contributed by atoms with Crippen molar-refractivity contribution in [1.29, 1.82) is 0 Å². The predicted octanol–water partition coefficient (Wildman–Crippen LogP) is 1.87. The van der Waals surface area contributed by atoms with Gasteiger partial charge in [0.05, 0.1) is 6.04 Å². The number of nitrogens with one attached hydrogen (secondary N) is 4. The predicted molar refractivity (Wildman–Crippen MR) is 184 cm³/mol. The third-order valence-electron chi connectivity index (χ3n) is 7.82. The van der Waals surface area contributed by atoms with Crippen molar-refractivity contribution >= 4 is 46.3 Å². The van der Waals surface area contributed by atoms with Crippen LogP contribution in [0.1, 0.15) is 65.4 Å². The molecule has 10 N–H and O–H groups in total. The number of hydrogen-bond acceptors (Lipinski definition) is 6. The summed E-state index contributed by atoms with van der Waals surface area (Å²) >= 11 is 0. The highest BCUT2D eigenvalue weighted by Crippen LogP contribution is 2.21. The van der Waals surface area contributed by atoms with Crippen LogP contribution in [0.15, 0.2) is 59.8 Å². The van der Waals surface area contributed by atoms with E-state index in [-0.39, 0.29) is 50.0 Å². The summed E-state index contributed by atoms with van der Waals surface area (Å²) in [6.45, 7) is 7.20. The molecule has 0 aliphatic rings. The summed E-state index contributed by atoms with van der Waals surface area (Å²) in [5.74, 6) is -3.76. The van der Waals surface area contributed by atoms with Crippen LogP contribution in [0.25, 0.3) is 10.9 Å². The molecule has 13 heteroatoms. The number of allylic oxidation sites excluding steroid dienone is 3. The molecule has 2 rings (SSSR count). The summed E-state index contributed by atoms with van der Waals surface area (Å²) in [5, 5.41) is 9.10. The first-order valence-electron chi connectivity index (χ1n) is 15.9. The van der Waals surface area contributed by atoms with Crippen LogP contribution in [0.4, 0.5) is 0 Å². The van der Waals surface area contributed by atoms with Crippen molar-refractivity contribution in [2.24, 2.45) is 34.0 Å². The van der Waals surface area contributed by atoms with Gasteiger partial charge in [0.2, 0.25) is 23.6 Å². The van der Waals surface area contributed by atoms with Gasteiger partial charge in [0.1, 0.15) is 12.1 Å². The van der Waals surface area contributed by atoms with Crippen LogP contribution in [0.3, 0.4) is 0 Å². The quantitative estimate of drug-likeness (QED) is 0.0486. The molecule has 0 radical (unpaired) electrons. The van der Waals surface area contributed by atoms with Gasteiger partial charge in [-0.1, -0.05) is 49.4 Å². The number of rotatable bonds is 20. The van der Waals surface area contributed by atoms with Gasteiger partial charge in [-0.25, -0.2) is 0 Å². The summed E-state index contributed by atoms with van der Waals surface area (Å²) < 4.78 is 0. The highest BCUT2D eigenvalue weighted by atomic mass is 16.2. The van der Waals surface area contributed by atoms with Gasteiger partial charge in [-0.15, -0.1) is 0 Å².